The summed E-state index contributed by atoms with van der Waals surface area (Å²) in [4.78, 5) is 1.29. The van der Waals surface area contributed by atoms with E-state index in [-0.39, 0.29) is 0 Å². The maximum absolute atomic E-state index is 5.15. The highest BCUT2D eigenvalue weighted by Crippen LogP contribution is 2.19. The number of thioether (sulfide) groups is 1. The average molecular weight is 273 g/mol. The number of hydrogen-bond acceptors (Lipinski definition) is 3. The lowest BCUT2D eigenvalue weighted by atomic mass is 10.1. The molecule has 0 unspecified atom stereocenters. The molecule has 19 heavy (non-hydrogen) atoms. The molecular weight excluding hydrogens is 254 g/mol. The van der Waals surface area contributed by atoms with Gasteiger partial charge in [-0.05, 0) is 48.6 Å². The second-order valence-corrected chi connectivity index (χ2v) is 5.14. The molecule has 2 aromatic carbocycles. The Morgan fingerprint density at radius 2 is 1.89 bits per heavy atom. The van der Waals surface area contributed by atoms with Crippen molar-refractivity contribution in [1.82, 2.24) is 0 Å². The molecule has 100 valence electrons. The van der Waals surface area contributed by atoms with Crippen LogP contribution in [0.25, 0.3) is 0 Å². The molecule has 0 heterocycles. The lowest BCUT2D eigenvalue weighted by Gasteiger charge is -2.08. The number of methoxy groups -OCH3 is 1. The maximum Gasteiger partial charge on any atom is 0.118 e. The van der Waals surface area contributed by atoms with Crippen molar-refractivity contribution in [2.75, 3.05) is 25.2 Å². The first-order valence-corrected chi connectivity index (χ1v) is 7.55. The van der Waals surface area contributed by atoms with E-state index in [1.54, 1.807) is 18.9 Å². The molecule has 3 heteroatoms. The first-order chi connectivity index (χ1) is 9.31. The zero-order valence-corrected chi connectivity index (χ0v) is 12.2. The van der Waals surface area contributed by atoms with Gasteiger partial charge >= 0.3 is 0 Å². The second kappa shape index (κ2) is 7.10. The molecule has 0 radical (unpaired) electrons. The van der Waals surface area contributed by atoms with E-state index in [1.165, 1.54) is 16.1 Å². The fourth-order valence-corrected chi connectivity index (χ4v) is 2.34. The van der Waals surface area contributed by atoms with Crippen molar-refractivity contribution in [3.8, 4) is 5.75 Å². The van der Waals surface area contributed by atoms with Crippen molar-refractivity contribution >= 4 is 17.4 Å². The minimum atomic E-state index is 0.907. The van der Waals surface area contributed by atoms with Gasteiger partial charge in [-0.25, -0.2) is 0 Å². The number of ether oxygens (including phenoxy) is 1. The van der Waals surface area contributed by atoms with E-state index in [1.807, 2.05) is 12.1 Å². The van der Waals surface area contributed by atoms with Crippen LogP contribution >= 0.6 is 11.8 Å². The lowest BCUT2D eigenvalue weighted by Crippen LogP contribution is -2.04. The fourth-order valence-electron chi connectivity index (χ4n) is 1.88. The van der Waals surface area contributed by atoms with Crippen molar-refractivity contribution < 1.29 is 4.74 Å². The summed E-state index contributed by atoms with van der Waals surface area (Å²) >= 11 is 1.76. The van der Waals surface area contributed by atoms with Crippen molar-refractivity contribution in [3.63, 3.8) is 0 Å². The minimum Gasteiger partial charge on any atom is -0.497 e. The largest absolute Gasteiger partial charge is 0.497 e. The molecule has 0 amide bonds. The van der Waals surface area contributed by atoms with Crippen LogP contribution in [0.15, 0.2) is 53.4 Å². The maximum atomic E-state index is 5.15. The Balaban J connectivity index is 1.85. The van der Waals surface area contributed by atoms with Crippen LogP contribution in [-0.4, -0.2) is 19.9 Å². The molecule has 0 aliphatic rings. The van der Waals surface area contributed by atoms with Gasteiger partial charge in [0, 0.05) is 17.1 Å². The molecular formula is C16H19NOS. The summed E-state index contributed by atoms with van der Waals surface area (Å²) in [5.41, 5.74) is 2.50. The predicted molar refractivity (Wildman–Crippen MR) is 83.4 cm³/mol. The minimum absolute atomic E-state index is 0.907. The van der Waals surface area contributed by atoms with Gasteiger partial charge in [-0.15, -0.1) is 11.8 Å². The number of nitrogens with one attached hydrogen (secondary N) is 1. The summed E-state index contributed by atoms with van der Waals surface area (Å²) < 4.78 is 5.15. The zero-order chi connectivity index (χ0) is 13.5. The zero-order valence-electron chi connectivity index (χ0n) is 11.3. The van der Waals surface area contributed by atoms with Crippen LogP contribution in [-0.2, 0) is 6.42 Å². The molecule has 2 aromatic rings. The highest BCUT2D eigenvalue weighted by Gasteiger charge is 1.97. The lowest BCUT2D eigenvalue weighted by molar-refractivity contribution is 0.414. The topological polar surface area (TPSA) is 21.3 Å². The normalized spacial score (nSPS) is 10.2. The fraction of sp³-hybridized carbons (Fsp3) is 0.250. The quantitative estimate of drug-likeness (QED) is 0.802. The summed E-state index contributed by atoms with van der Waals surface area (Å²) in [6.45, 7) is 0.935. The number of hydrogen-bond donors (Lipinski definition) is 1. The third kappa shape index (κ3) is 4.21. The molecule has 0 saturated carbocycles. The third-order valence-corrected chi connectivity index (χ3v) is 3.70. The standard InChI is InChI=1S/C16H19NOS/c1-18-15-8-6-13(7-9-15)10-11-17-14-4-3-5-16(12-14)19-2/h3-9,12,17H,10-11H2,1-2H3. The van der Waals surface area contributed by atoms with Crippen molar-refractivity contribution in [1.29, 1.82) is 0 Å². The predicted octanol–water partition coefficient (Wildman–Crippen LogP) is 4.07. The van der Waals surface area contributed by atoms with E-state index >= 15 is 0 Å². The molecule has 0 bridgehead atoms. The smallest absolute Gasteiger partial charge is 0.118 e. The molecule has 0 aliphatic carbocycles. The SMILES string of the molecule is COc1ccc(CCNc2cccc(SC)c2)cc1. The van der Waals surface area contributed by atoms with Crippen LogP contribution < -0.4 is 10.1 Å². The number of benzene rings is 2. The van der Waals surface area contributed by atoms with E-state index in [2.05, 4.69) is 48.0 Å². The summed E-state index contributed by atoms with van der Waals surface area (Å²) in [5, 5.41) is 3.45. The van der Waals surface area contributed by atoms with E-state index in [4.69, 9.17) is 4.74 Å². The summed E-state index contributed by atoms with van der Waals surface area (Å²) in [6, 6.07) is 16.7. The molecule has 0 aromatic heterocycles. The summed E-state index contributed by atoms with van der Waals surface area (Å²) in [5.74, 6) is 0.907. The van der Waals surface area contributed by atoms with Crippen LogP contribution in [0.1, 0.15) is 5.56 Å². The van der Waals surface area contributed by atoms with Gasteiger partial charge in [-0.1, -0.05) is 18.2 Å². The average Bonchev–Trinajstić information content (AvgIpc) is 2.48. The Morgan fingerprint density at radius 1 is 1.11 bits per heavy atom. The Morgan fingerprint density at radius 3 is 2.58 bits per heavy atom. The highest BCUT2D eigenvalue weighted by molar-refractivity contribution is 7.98. The van der Waals surface area contributed by atoms with E-state index in [0.717, 1.165) is 18.7 Å². The van der Waals surface area contributed by atoms with Crippen LogP contribution in [0.2, 0.25) is 0 Å². The molecule has 0 aliphatic heterocycles. The summed E-state index contributed by atoms with van der Waals surface area (Å²) in [7, 11) is 1.69. The Kier molecular flexibility index (Phi) is 5.16. The van der Waals surface area contributed by atoms with E-state index < -0.39 is 0 Å². The van der Waals surface area contributed by atoms with E-state index in [9.17, 15) is 0 Å². The summed E-state index contributed by atoms with van der Waals surface area (Å²) in [6.07, 6.45) is 3.10. The Labute approximate surface area is 119 Å². The van der Waals surface area contributed by atoms with Crippen molar-refractivity contribution in [3.05, 3.63) is 54.1 Å². The van der Waals surface area contributed by atoms with Gasteiger partial charge in [-0.3, -0.25) is 0 Å². The van der Waals surface area contributed by atoms with Crippen LogP contribution in [0.5, 0.6) is 5.75 Å². The van der Waals surface area contributed by atoms with Gasteiger partial charge in [0.2, 0.25) is 0 Å². The monoisotopic (exact) mass is 273 g/mol. The van der Waals surface area contributed by atoms with Gasteiger partial charge in [0.25, 0.3) is 0 Å². The van der Waals surface area contributed by atoms with Crippen molar-refractivity contribution in [2.45, 2.75) is 11.3 Å². The Hall–Kier alpha value is -1.61. The van der Waals surface area contributed by atoms with Gasteiger partial charge in [-0.2, -0.15) is 0 Å². The second-order valence-electron chi connectivity index (χ2n) is 4.26. The highest BCUT2D eigenvalue weighted by atomic mass is 32.2. The molecule has 0 atom stereocenters. The Bertz CT molecular complexity index is 510. The molecule has 0 saturated heterocycles. The number of rotatable bonds is 6. The number of anilines is 1. The molecule has 2 rings (SSSR count). The first-order valence-electron chi connectivity index (χ1n) is 6.32. The molecule has 1 N–H and O–H groups in total. The van der Waals surface area contributed by atoms with E-state index in [0.29, 0.717) is 0 Å². The van der Waals surface area contributed by atoms with Crippen molar-refractivity contribution in [2.24, 2.45) is 0 Å². The van der Waals surface area contributed by atoms with Crippen LogP contribution in [0, 0.1) is 0 Å². The first kappa shape index (κ1) is 13.8. The van der Waals surface area contributed by atoms with Crippen LogP contribution in [0.4, 0.5) is 5.69 Å². The molecule has 0 spiro atoms. The van der Waals surface area contributed by atoms with Gasteiger partial charge in [0.05, 0.1) is 7.11 Å². The van der Waals surface area contributed by atoms with Gasteiger partial charge < -0.3 is 10.1 Å². The molecule has 0 fully saturated rings. The third-order valence-electron chi connectivity index (χ3n) is 2.97. The van der Waals surface area contributed by atoms with Gasteiger partial charge in [0.15, 0.2) is 0 Å². The van der Waals surface area contributed by atoms with Gasteiger partial charge in [0.1, 0.15) is 5.75 Å². The molecule has 2 nitrogen and oxygen atoms in total. The van der Waals surface area contributed by atoms with Crippen LogP contribution in [0.3, 0.4) is 0 Å².